The van der Waals surface area contributed by atoms with Crippen LogP contribution in [0.25, 0.3) is 0 Å². The first kappa shape index (κ1) is 17.0. The molecule has 27 heavy (non-hydrogen) atoms. The summed E-state index contributed by atoms with van der Waals surface area (Å²) in [6.45, 7) is 8.21. The molecule has 0 N–H and O–H groups in total. The van der Waals surface area contributed by atoms with Crippen molar-refractivity contribution >= 4 is 11.5 Å². The van der Waals surface area contributed by atoms with Crippen molar-refractivity contribution < 1.29 is 4.74 Å². The highest BCUT2D eigenvalue weighted by molar-refractivity contribution is 5.63. The number of para-hydroxylation sites is 1. The van der Waals surface area contributed by atoms with Gasteiger partial charge in [0.05, 0.1) is 12.3 Å². The first-order valence-corrected chi connectivity index (χ1v) is 10.2. The van der Waals surface area contributed by atoms with Gasteiger partial charge in [-0.15, -0.1) is 5.10 Å². The topological polar surface area (TPSA) is 41.5 Å². The van der Waals surface area contributed by atoms with Crippen molar-refractivity contribution in [2.45, 2.75) is 31.6 Å². The van der Waals surface area contributed by atoms with E-state index < -0.39 is 0 Å². The lowest BCUT2D eigenvalue weighted by molar-refractivity contribution is 0.186. The normalized spacial score (nSPS) is 23.8. The van der Waals surface area contributed by atoms with Crippen molar-refractivity contribution in [1.29, 1.82) is 0 Å². The smallest absolute Gasteiger partial charge is 0.151 e. The second kappa shape index (κ2) is 6.79. The van der Waals surface area contributed by atoms with Crippen molar-refractivity contribution in [1.82, 2.24) is 10.2 Å². The van der Waals surface area contributed by atoms with Crippen molar-refractivity contribution in [2.75, 3.05) is 49.2 Å². The quantitative estimate of drug-likeness (QED) is 0.837. The molecule has 5 nitrogen and oxygen atoms in total. The van der Waals surface area contributed by atoms with Gasteiger partial charge in [0.25, 0.3) is 0 Å². The molecule has 1 aromatic carbocycles. The monoisotopic (exact) mass is 364 g/mol. The van der Waals surface area contributed by atoms with Crippen LogP contribution in [0.15, 0.2) is 36.4 Å². The van der Waals surface area contributed by atoms with Gasteiger partial charge in [-0.25, -0.2) is 0 Å². The molecule has 0 bridgehead atoms. The summed E-state index contributed by atoms with van der Waals surface area (Å²) in [4.78, 5) is 5.03. The summed E-state index contributed by atoms with van der Waals surface area (Å²) in [5, 5.41) is 8.63. The molecule has 3 aliphatic rings. The van der Waals surface area contributed by atoms with E-state index in [-0.39, 0.29) is 5.41 Å². The van der Waals surface area contributed by atoms with Gasteiger partial charge in [0.15, 0.2) is 5.82 Å². The van der Waals surface area contributed by atoms with Crippen molar-refractivity contribution in [3.63, 3.8) is 0 Å². The molecule has 1 unspecified atom stereocenters. The maximum absolute atomic E-state index is 5.62. The molecule has 2 fully saturated rings. The van der Waals surface area contributed by atoms with Gasteiger partial charge < -0.3 is 14.5 Å². The fourth-order valence-electron chi connectivity index (χ4n) is 5.09. The van der Waals surface area contributed by atoms with Gasteiger partial charge in [0.1, 0.15) is 0 Å². The average Bonchev–Trinajstić information content (AvgIpc) is 3.31. The minimum absolute atomic E-state index is 0.282. The predicted octanol–water partition coefficient (Wildman–Crippen LogP) is 3.18. The Morgan fingerprint density at radius 1 is 1.11 bits per heavy atom. The maximum atomic E-state index is 5.62. The highest BCUT2D eigenvalue weighted by Crippen LogP contribution is 2.47. The van der Waals surface area contributed by atoms with E-state index in [9.17, 15) is 0 Å². The van der Waals surface area contributed by atoms with Gasteiger partial charge in [-0.05, 0) is 49.9 Å². The maximum Gasteiger partial charge on any atom is 0.151 e. The summed E-state index contributed by atoms with van der Waals surface area (Å²) in [6.07, 6.45) is 3.56. The van der Waals surface area contributed by atoms with Crippen molar-refractivity contribution in [2.24, 2.45) is 5.92 Å². The van der Waals surface area contributed by atoms with E-state index in [2.05, 4.69) is 56.4 Å². The van der Waals surface area contributed by atoms with Gasteiger partial charge in [-0.1, -0.05) is 18.2 Å². The van der Waals surface area contributed by atoms with Crippen LogP contribution in [0.1, 0.15) is 30.5 Å². The zero-order chi connectivity index (χ0) is 18.3. The molecule has 2 aromatic rings. The Balaban J connectivity index is 1.35. The molecule has 1 aromatic heterocycles. The van der Waals surface area contributed by atoms with Crippen LogP contribution in [0.3, 0.4) is 0 Å². The molecule has 1 atom stereocenters. The molecule has 4 heterocycles. The van der Waals surface area contributed by atoms with Crippen LogP contribution in [-0.4, -0.2) is 49.6 Å². The van der Waals surface area contributed by atoms with Crippen LogP contribution in [0.5, 0.6) is 0 Å². The number of fused-ring (bicyclic) bond motifs is 2. The Morgan fingerprint density at radius 2 is 1.96 bits per heavy atom. The van der Waals surface area contributed by atoms with Crippen molar-refractivity contribution in [3.8, 4) is 0 Å². The molecular weight excluding hydrogens is 336 g/mol. The van der Waals surface area contributed by atoms with Crippen LogP contribution in [-0.2, 0) is 10.2 Å². The number of aryl methyl sites for hydroxylation is 1. The van der Waals surface area contributed by atoms with Gasteiger partial charge in [-0.2, -0.15) is 5.10 Å². The molecule has 0 saturated carbocycles. The minimum atomic E-state index is 0.282. The summed E-state index contributed by atoms with van der Waals surface area (Å²) in [7, 11) is 0. The molecule has 1 spiro atoms. The number of rotatable bonds is 3. The Labute approximate surface area is 161 Å². The highest BCUT2D eigenvalue weighted by atomic mass is 16.5. The number of anilines is 2. The number of ether oxygens (including phenoxy) is 1. The summed E-state index contributed by atoms with van der Waals surface area (Å²) in [5.74, 6) is 1.69. The van der Waals surface area contributed by atoms with E-state index >= 15 is 0 Å². The third kappa shape index (κ3) is 3.08. The van der Waals surface area contributed by atoms with Crippen LogP contribution in [0.2, 0.25) is 0 Å². The number of hydrogen-bond acceptors (Lipinski definition) is 5. The summed E-state index contributed by atoms with van der Waals surface area (Å²) in [6, 6.07) is 13.2. The van der Waals surface area contributed by atoms with Crippen LogP contribution in [0, 0.1) is 12.8 Å². The van der Waals surface area contributed by atoms with E-state index in [0.717, 1.165) is 50.9 Å². The SMILES string of the molecule is Cc1ccc(N2CCC3(CC2)CN(CC2CCOC2)c2ccccc23)nn1. The Bertz CT molecular complexity index is 792. The van der Waals surface area contributed by atoms with Gasteiger partial charge in [0, 0.05) is 49.8 Å². The van der Waals surface area contributed by atoms with E-state index in [1.165, 1.54) is 24.9 Å². The largest absolute Gasteiger partial charge is 0.381 e. The molecule has 142 valence electrons. The van der Waals surface area contributed by atoms with Crippen LogP contribution < -0.4 is 9.80 Å². The molecule has 0 aliphatic carbocycles. The first-order valence-electron chi connectivity index (χ1n) is 10.2. The van der Waals surface area contributed by atoms with E-state index in [1.807, 2.05) is 6.92 Å². The average molecular weight is 364 g/mol. The third-order valence-electron chi connectivity index (χ3n) is 6.64. The Kier molecular flexibility index (Phi) is 4.27. The lowest BCUT2D eigenvalue weighted by Crippen LogP contribution is -2.46. The lowest BCUT2D eigenvalue weighted by atomic mass is 9.74. The Morgan fingerprint density at radius 3 is 2.70 bits per heavy atom. The van der Waals surface area contributed by atoms with Gasteiger partial charge in [0.2, 0.25) is 0 Å². The summed E-state index contributed by atoms with van der Waals surface area (Å²) < 4.78 is 5.62. The molecular formula is C22H28N4O. The fraction of sp³-hybridized carbons (Fsp3) is 0.545. The number of hydrogen-bond donors (Lipinski definition) is 0. The molecule has 0 amide bonds. The number of benzene rings is 1. The minimum Gasteiger partial charge on any atom is -0.381 e. The molecule has 2 saturated heterocycles. The molecule has 5 rings (SSSR count). The second-order valence-corrected chi connectivity index (χ2v) is 8.43. The van der Waals surface area contributed by atoms with Crippen LogP contribution >= 0.6 is 0 Å². The second-order valence-electron chi connectivity index (χ2n) is 8.43. The van der Waals surface area contributed by atoms with E-state index in [4.69, 9.17) is 4.74 Å². The highest BCUT2D eigenvalue weighted by Gasteiger charge is 2.45. The van der Waals surface area contributed by atoms with Crippen LogP contribution in [0.4, 0.5) is 11.5 Å². The lowest BCUT2D eigenvalue weighted by Gasteiger charge is -2.40. The first-order chi connectivity index (χ1) is 13.2. The zero-order valence-corrected chi connectivity index (χ0v) is 16.1. The predicted molar refractivity (Wildman–Crippen MR) is 107 cm³/mol. The van der Waals surface area contributed by atoms with Crippen molar-refractivity contribution in [3.05, 3.63) is 47.7 Å². The number of aromatic nitrogens is 2. The van der Waals surface area contributed by atoms with E-state index in [1.54, 1.807) is 5.56 Å². The summed E-state index contributed by atoms with van der Waals surface area (Å²) in [5.41, 5.74) is 4.26. The zero-order valence-electron chi connectivity index (χ0n) is 16.1. The third-order valence-corrected chi connectivity index (χ3v) is 6.64. The molecule has 3 aliphatic heterocycles. The Hall–Kier alpha value is -2.14. The fourth-order valence-corrected chi connectivity index (χ4v) is 5.09. The van der Waals surface area contributed by atoms with Gasteiger partial charge >= 0.3 is 0 Å². The van der Waals surface area contributed by atoms with Gasteiger partial charge in [-0.3, -0.25) is 0 Å². The molecule has 0 radical (unpaired) electrons. The van der Waals surface area contributed by atoms with E-state index in [0.29, 0.717) is 5.92 Å². The summed E-state index contributed by atoms with van der Waals surface area (Å²) >= 11 is 0. The molecule has 5 heteroatoms. The number of piperidine rings is 1. The standard InChI is InChI=1S/C22H28N4O/c1-17-6-7-21(24-23-17)25-11-9-22(10-12-25)16-26(14-18-8-13-27-15-18)20-5-3-2-4-19(20)22/h2-7,18H,8-16H2,1H3. The number of nitrogens with zero attached hydrogens (tertiary/aromatic N) is 4.